The minimum absolute atomic E-state index is 0.0280. The number of aromatic nitrogens is 3. The molecule has 1 amide bonds. The van der Waals surface area contributed by atoms with Gasteiger partial charge in [0.05, 0.1) is 12.2 Å². The molecular formula is C21H29FN6O. The summed E-state index contributed by atoms with van der Waals surface area (Å²) in [4.78, 5) is 17.5. The first-order valence-corrected chi connectivity index (χ1v) is 10.6. The maximum Gasteiger partial charge on any atom is 0.276 e. The Kier molecular flexibility index (Phi) is 6.20. The van der Waals surface area contributed by atoms with Gasteiger partial charge in [-0.25, -0.2) is 9.07 Å². The summed E-state index contributed by atoms with van der Waals surface area (Å²) < 4.78 is 15.4. The summed E-state index contributed by atoms with van der Waals surface area (Å²) in [7, 11) is 0. The highest BCUT2D eigenvalue weighted by Crippen LogP contribution is 2.28. The Balaban J connectivity index is 1.61. The zero-order chi connectivity index (χ0) is 20.2. The molecule has 1 aromatic carbocycles. The number of carbonyl (C=O) groups is 1. The predicted molar refractivity (Wildman–Crippen MR) is 108 cm³/mol. The van der Waals surface area contributed by atoms with Crippen LogP contribution >= 0.6 is 0 Å². The fraction of sp³-hybridized carbons (Fsp3) is 0.571. The van der Waals surface area contributed by atoms with E-state index in [0.717, 1.165) is 69.9 Å². The average molecular weight is 401 g/mol. The zero-order valence-corrected chi connectivity index (χ0v) is 17.0. The lowest BCUT2D eigenvalue weighted by molar-refractivity contribution is 0.0635. The smallest absolute Gasteiger partial charge is 0.276 e. The number of benzene rings is 1. The Morgan fingerprint density at radius 3 is 2.66 bits per heavy atom. The summed E-state index contributed by atoms with van der Waals surface area (Å²) in [6, 6.07) is 6.52. The fourth-order valence-electron chi connectivity index (χ4n) is 4.31. The number of amides is 1. The van der Waals surface area contributed by atoms with E-state index < -0.39 is 0 Å². The highest BCUT2D eigenvalue weighted by Gasteiger charge is 2.31. The van der Waals surface area contributed by atoms with Crippen molar-refractivity contribution in [2.24, 2.45) is 0 Å². The average Bonchev–Trinajstić information content (AvgIpc) is 3.17. The van der Waals surface area contributed by atoms with Crippen molar-refractivity contribution in [2.45, 2.75) is 32.2 Å². The Bertz CT molecular complexity index is 839. The first-order valence-electron chi connectivity index (χ1n) is 10.6. The number of nitrogens with zero attached hydrogens (tertiary/aromatic N) is 5. The maximum absolute atomic E-state index is 13.6. The monoisotopic (exact) mass is 400 g/mol. The van der Waals surface area contributed by atoms with Gasteiger partial charge >= 0.3 is 0 Å². The molecule has 1 N–H and O–H groups in total. The lowest BCUT2D eigenvalue weighted by Crippen LogP contribution is -2.48. The van der Waals surface area contributed by atoms with Crippen LogP contribution in [0.2, 0.25) is 0 Å². The van der Waals surface area contributed by atoms with Crippen LogP contribution in [-0.2, 0) is 6.54 Å². The van der Waals surface area contributed by atoms with Gasteiger partial charge in [0.2, 0.25) is 0 Å². The number of hydrogen-bond donors (Lipinski definition) is 1. The molecule has 4 rings (SSSR count). The lowest BCUT2D eigenvalue weighted by Gasteiger charge is -2.34. The Hall–Kier alpha value is -2.32. The molecule has 8 heteroatoms. The molecule has 1 aromatic heterocycles. The van der Waals surface area contributed by atoms with Crippen LogP contribution in [0.4, 0.5) is 4.39 Å². The number of carbonyl (C=O) groups excluding carboxylic acids is 1. The molecule has 2 aliphatic heterocycles. The summed E-state index contributed by atoms with van der Waals surface area (Å²) in [6.07, 6.45) is 1.89. The largest absolute Gasteiger partial charge is 0.335 e. The van der Waals surface area contributed by atoms with Gasteiger partial charge in [0, 0.05) is 32.1 Å². The molecule has 156 valence electrons. The van der Waals surface area contributed by atoms with E-state index >= 15 is 0 Å². The molecule has 0 aliphatic carbocycles. The predicted octanol–water partition coefficient (Wildman–Crippen LogP) is 1.71. The van der Waals surface area contributed by atoms with Crippen LogP contribution in [0.1, 0.15) is 47.4 Å². The molecule has 0 bridgehead atoms. The Morgan fingerprint density at radius 1 is 1.21 bits per heavy atom. The van der Waals surface area contributed by atoms with Crippen LogP contribution in [0.15, 0.2) is 24.3 Å². The quantitative estimate of drug-likeness (QED) is 0.828. The van der Waals surface area contributed by atoms with Gasteiger partial charge in [0.25, 0.3) is 5.91 Å². The maximum atomic E-state index is 13.6. The number of nitrogens with one attached hydrogen (secondary N) is 1. The minimum atomic E-state index is -0.267. The summed E-state index contributed by atoms with van der Waals surface area (Å²) in [5, 5.41) is 12.0. The molecule has 7 nitrogen and oxygen atoms in total. The molecular weight excluding hydrogens is 371 g/mol. The standard InChI is InChI=1S/C21H29FN6O/c1-2-26-10-12-27(13-11-26)21(29)19-20(17-6-8-23-9-7-17)28(25-24-19)15-16-4-3-5-18(22)14-16/h3-5,14,17,23H,2,6-13,15H2,1H3. The van der Waals surface area contributed by atoms with E-state index in [9.17, 15) is 9.18 Å². The van der Waals surface area contributed by atoms with Crippen molar-refractivity contribution in [3.8, 4) is 0 Å². The molecule has 2 aliphatic rings. The van der Waals surface area contributed by atoms with Gasteiger partial charge in [0.1, 0.15) is 5.82 Å². The lowest BCUT2D eigenvalue weighted by atomic mass is 9.92. The number of hydrogen-bond acceptors (Lipinski definition) is 5. The third kappa shape index (κ3) is 4.48. The molecule has 2 fully saturated rings. The topological polar surface area (TPSA) is 66.3 Å². The number of rotatable bonds is 5. The van der Waals surface area contributed by atoms with E-state index in [1.54, 1.807) is 10.7 Å². The summed E-state index contributed by atoms with van der Waals surface area (Å²) >= 11 is 0. The molecule has 0 unspecified atom stereocenters. The second-order valence-electron chi connectivity index (χ2n) is 7.86. The third-order valence-electron chi connectivity index (χ3n) is 6.03. The molecule has 0 saturated carbocycles. The van der Waals surface area contributed by atoms with Crippen molar-refractivity contribution < 1.29 is 9.18 Å². The first-order chi connectivity index (χ1) is 14.2. The van der Waals surface area contributed by atoms with Crippen molar-refractivity contribution in [2.75, 3.05) is 45.8 Å². The van der Waals surface area contributed by atoms with Crippen molar-refractivity contribution in [1.82, 2.24) is 30.1 Å². The first kappa shape index (κ1) is 20.0. The van der Waals surface area contributed by atoms with Crippen molar-refractivity contribution >= 4 is 5.91 Å². The third-order valence-corrected chi connectivity index (χ3v) is 6.03. The highest BCUT2D eigenvalue weighted by atomic mass is 19.1. The summed E-state index contributed by atoms with van der Waals surface area (Å²) in [6.45, 7) is 8.61. The van der Waals surface area contributed by atoms with Crippen molar-refractivity contribution in [1.29, 1.82) is 0 Å². The van der Waals surface area contributed by atoms with E-state index in [1.807, 2.05) is 11.0 Å². The van der Waals surface area contributed by atoms with Gasteiger partial charge < -0.3 is 15.1 Å². The zero-order valence-electron chi connectivity index (χ0n) is 17.0. The van der Waals surface area contributed by atoms with Gasteiger partial charge in [0.15, 0.2) is 5.69 Å². The van der Waals surface area contributed by atoms with Gasteiger partial charge in [-0.05, 0) is 50.2 Å². The number of halogens is 1. The van der Waals surface area contributed by atoms with Crippen LogP contribution < -0.4 is 5.32 Å². The molecule has 2 aromatic rings. The van der Waals surface area contributed by atoms with E-state index in [2.05, 4.69) is 27.5 Å². The second kappa shape index (κ2) is 9.00. The molecule has 3 heterocycles. The normalized spacial score (nSPS) is 18.9. The number of piperidine rings is 1. The molecule has 0 atom stereocenters. The van der Waals surface area contributed by atoms with Gasteiger partial charge in [-0.15, -0.1) is 5.10 Å². The SMILES string of the molecule is CCN1CCN(C(=O)c2nnn(Cc3cccc(F)c3)c2C2CCNCC2)CC1. The minimum Gasteiger partial charge on any atom is -0.335 e. The molecule has 0 spiro atoms. The summed E-state index contributed by atoms with van der Waals surface area (Å²) in [5.74, 6) is -0.0633. The van der Waals surface area contributed by atoms with Crippen molar-refractivity contribution in [3.63, 3.8) is 0 Å². The Morgan fingerprint density at radius 2 is 1.97 bits per heavy atom. The molecule has 0 radical (unpaired) electrons. The van der Waals surface area contributed by atoms with E-state index in [-0.39, 0.29) is 17.6 Å². The summed E-state index contributed by atoms with van der Waals surface area (Å²) in [5.41, 5.74) is 2.19. The second-order valence-corrected chi connectivity index (χ2v) is 7.86. The van der Waals surface area contributed by atoms with E-state index in [1.165, 1.54) is 12.1 Å². The van der Waals surface area contributed by atoms with Crippen LogP contribution in [0.5, 0.6) is 0 Å². The van der Waals surface area contributed by atoms with E-state index in [0.29, 0.717) is 12.2 Å². The van der Waals surface area contributed by atoms with E-state index in [4.69, 9.17) is 0 Å². The van der Waals surface area contributed by atoms with Crippen LogP contribution in [-0.4, -0.2) is 76.5 Å². The van der Waals surface area contributed by atoms with Gasteiger partial charge in [-0.2, -0.15) is 0 Å². The Labute approximate surface area is 170 Å². The van der Waals surface area contributed by atoms with Crippen LogP contribution in [0.25, 0.3) is 0 Å². The van der Waals surface area contributed by atoms with Gasteiger partial charge in [-0.1, -0.05) is 24.3 Å². The van der Waals surface area contributed by atoms with Crippen LogP contribution in [0.3, 0.4) is 0 Å². The van der Waals surface area contributed by atoms with Gasteiger partial charge in [-0.3, -0.25) is 4.79 Å². The van der Waals surface area contributed by atoms with Crippen LogP contribution in [0, 0.1) is 5.82 Å². The van der Waals surface area contributed by atoms with Crippen molar-refractivity contribution in [3.05, 3.63) is 47.0 Å². The highest BCUT2D eigenvalue weighted by molar-refractivity contribution is 5.93. The number of likely N-dealkylation sites (N-methyl/N-ethyl adjacent to an activating group) is 1. The molecule has 29 heavy (non-hydrogen) atoms. The fourth-order valence-corrected chi connectivity index (χ4v) is 4.31. The molecule has 2 saturated heterocycles. The number of piperazine rings is 1.